The molecule has 166 valence electrons. The van der Waals surface area contributed by atoms with E-state index in [2.05, 4.69) is 15.7 Å². The Morgan fingerprint density at radius 3 is 2.47 bits per heavy atom. The summed E-state index contributed by atoms with van der Waals surface area (Å²) < 4.78 is 30.8. The zero-order valence-corrected chi connectivity index (χ0v) is 18.4. The molecule has 32 heavy (non-hydrogen) atoms. The molecule has 1 aliphatic rings. The molecule has 0 bridgehead atoms. The van der Waals surface area contributed by atoms with Crippen LogP contribution in [-0.4, -0.2) is 37.1 Å². The van der Waals surface area contributed by atoms with Crippen molar-refractivity contribution in [2.24, 2.45) is 0 Å². The second-order valence-corrected chi connectivity index (χ2v) is 9.55. The fraction of sp³-hybridized carbons (Fsp3) is 0.227. The summed E-state index contributed by atoms with van der Waals surface area (Å²) in [6.07, 6.45) is 0. The van der Waals surface area contributed by atoms with Crippen molar-refractivity contribution < 1.29 is 22.7 Å². The summed E-state index contributed by atoms with van der Waals surface area (Å²) in [4.78, 5) is 25.0. The number of methoxy groups -OCH3 is 1. The first-order chi connectivity index (χ1) is 15.3. The van der Waals surface area contributed by atoms with Crippen LogP contribution in [-0.2, 0) is 37.5 Å². The maximum absolute atomic E-state index is 12.6. The molecular formula is C22H22N4O5S. The number of rotatable bonds is 5. The van der Waals surface area contributed by atoms with Crippen LogP contribution in [0.25, 0.3) is 5.69 Å². The van der Waals surface area contributed by atoms with Crippen LogP contribution in [0, 0.1) is 6.92 Å². The molecule has 0 saturated heterocycles. The Hall–Kier alpha value is -3.66. The van der Waals surface area contributed by atoms with Gasteiger partial charge in [0.25, 0.3) is 0 Å². The number of carbonyl (C=O) groups excluding carboxylic acids is 2. The number of nitrogens with one attached hydrogen (secondary N) is 2. The number of anilines is 1. The first-order valence-corrected chi connectivity index (χ1v) is 11.7. The summed E-state index contributed by atoms with van der Waals surface area (Å²) in [6.45, 7) is 2.03. The number of hydrogen-bond acceptors (Lipinski definition) is 6. The molecule has 0 atom stereocenters. The highest BCUT2D eigenvalue weighted by Crippen LogP contribution is 2.33. The van der Waals surface area contributed by atoms with Gasteiger partial charge in [0.2, 0.25) is 0 Å². The minimum absolute atomic E-state index is 0.153. The average molecular weight is 455 g/mol. The molecule has 1 aliphatic heterocycles. The highest BCUT2D eigenvalue weighted by molar-refractivity contribution is 7.90. The Kier molecular flexibility index (Phi) is 5.70. The van der Waals surface area contributed by atoms with Gasteiger partial charge in [-0.1, -0.05) is 30.3 Å². The fourth-order valence-electron chi connectivity index (χ4n) is 3.52. The molecule has 0 fully saturated rings. The van der Waals surface area contributed by atoms with E-state index in [1.165, 1.54) is 4.68 Å². The molecule has 2 aromatic carbocycles. The van der Waals surface area contributed by atoms with E-state index in [0.717, 1.165) is 11.1 Å². The highest BCUT2D eigenvalue weighted by Gasteiger charge is 2.34. The van der Waals surface area contributed by atoms with Gasteiger partial charge in [-0.2, -0.15) is 5.10 Å². The molecular weight excluding hydrogens is 432 g/mol. The molecule has 2 heterocycles. The maximum atomic E-state index is 12.6. The molecule has 9 nitrogen and oxygen atoms in total. The largest absolute Gasteiger partial charge is 0.497 e. The Morgan fingerprint density at radius 2 is 1.78 bits per heavy atom. The lowest BCUT2D eigenvalue weighted by molar-refractivity contribution is -0.136. The van der Waals surface area contributed by atoms with Gasteiger partial charge in [-0.25, -0.2) is 13.1 Å². The van der Waals surface area contributed by atoms with Gasteiger partial charge in [0.15, 0.2) is 9.84 Å². The van der Waals surface area contributed by atoms with E-state index in [1.54, 1.807) is 31.4 Å². The van der Waals surface area contributed by atoms with E-state index in [-0.39, 0.29) is 23.9 Å². The van der Waals surface area contributed by atoms with Crippen molar-refractivity contribution in [1.82, 2.24) is 15.1 Å². The van der Waals surface area contributed by atoms with Crippen molar-refractivity contribution in [3.8, 4) is 11.4 Å². The lowest BCUT2D eigenvalue weighted by Gasteiger charge is -2.13. The third-order valence-electron chi connectivity index (χ3n) is 5.18. The summed E-state index contributed by atoms with van der Waals surface area (Å²) in [6, 6.07) is 14.4. The number of aryl methyl sites for hydroxylation is 1. The first-order valence-electron chi connectivity index (χ1n) is 9.87. The number of amides is 2. The van der Waals surface area contributed by atoms with E-state index >= 15 is 0 Å². The van der Waals surface area contributed by atoms with E-state index in [4.69, 9.17) is 4.74 Å². The second-order valence-electron chi connectivity index (χ2n) is 7.49. The summed E-state index contributed by atoms with van der Waals surface area (Å²) in [5, 5.41) is 9.56. The second kappa shape index (κ2) is 8.46. The number of sulfone groups is 1. The third-order valence-corrected chi connectivity index (χ3v) is 6.62. The topological polar surface area (TPSA) is 119 Å². The molecule has 2 amide bonds. The van der Waals surface area contributed by atoms with Gasteiger partial charge < -0.3 is 15.4 Å². The zero-order valence-electron chi connectivity index (χ0n) is 17.6. The molecule has 4 rings (SSSR count). The monoisotopic (exact) mass is 454 g/mol. The van der Waals surface area contributed by atoms with Gasteiger partial charge in [0.1, 0.15) is 11.6 Å². The Balaban J connectivity index is 1.55. The molecule has 0 spiro atoms. The van der Waals surface area contributed by atoms with E-state index in [0.29, 0.717) is 22.7 Å². The van der Waals surface area contributed by atoms with Crippen LogP contribution in [0.3, 0.4) is 0 Å². The fourth-order valence-corrected chi connectivity index (χ4v) is 5.01. The van der Waals surface area contributed by atoms with Crippen molar-refractivity contribution in [1.29, 1.82) is 0 Å². The van der Waals surface area contributed by atoms with E-state index < -0.39 is 21.7 Å². The van der Waals surface area contributed by atoms with Crippen LogP contribution in [0.4, 0.5) is 5.82 Å². The van der Waals surface area contributed by atoms with Crippen molar-refractivity contribution in [3.05, 3.63) is 70.9 Å². The summed E-state index contributed by atoms with van der Waals surface area (Å²) in [5.74, 6) is -1.30. The molecule has 3 aromatic rings. The lowest BCUT2D eigenvalue weighted by atomic mass is 10.2. The predicted octanol–water partition coefficient (Wildman–Crippen LogP) is 1.87. The highest BCUT2D eigenvalue weighted by atomic mass is 32.2. The van der Waals surface area contributed by atoms with Crippen LogP contribution < -0.4 is 15.4 Å². The van der Waals surface area contributed by atoms with Crippen molar-refractivity contribution in [2.45, 2.75) is 25.0 Å². The summed E-state index contributed by atoms with van der Waals surface area (Å²) in [5.41, 5.74) is 3.15. The Morgan fingerprint density at radius 1 is 1.06 bits per heavy atom. The number of nitrogens with zero attached hydrogens (tertiary/aromatic N) is 2. The molecule has 0 saturated carbocycles. The number of benzene rings is 2. The van der Waals surface area contributed by atoms with Crippen molar-refractivity contribution in [3.63, 3.8) is 0 Å². The minimum atomic E-state index is -3.34. The van der Waals surface area contributed by atoms with Crippen LogP contribution in [0.2, 0.25) is 0 Å². The maximum Gasteiger partial charge on any atom is 0.314 e. The Labute approximate surface area is 185 Å². The third kappa shape index (κ3) is 4.35. The van der Waals surface area contributed by atoms with Gasteiger partial charge in [0.05, 0.1) is 30.0 Å². The standard InChI is InChI=1S/C22H22N4O5S/c1-14-5-3-4-6-19(14)26-20(17-12-32(29,30)13-18(17)25-26)24-22(28)21(27)23-11-15-7-9-16(31-2)10-8-15/h3-10H,11-13H2,1-2H3,(H,23,27)(H,24,28). The molecule has 1 aromatic heterocycles. The normalized spacial score (nSPS) is 13.9. The van der Waals surface area contributed by atoms with Gasteiger partial charge in [-0.05, 0) is 36.2 Å². The van der Waals surface area contributed by atoms with Gasteiger partial charge in [0, 0.05) is 12.1 Å². The SMILES string of the molecule is COc1ccc(CNC(=O)C(=O)Nc2c3c(nn2-c2ccccc2C)CS(=O)(=O)C3)cc1. The number of ether oxygens (including phenoxy) is 1. The predicted molar refractivity (Wildman–Crippen MR) is 118 cm³/mol. The number of para-hydroxylation sites is 1. The molecule has 0 unspecified atom stereocenters. The van der Waals surface area contributed by atoms with Crippen molar-refractivity contribution >= 4 is 27.5 Å². The van der Waals surface area contributed by atoms with E-state index in [9.17, 15) is 18.0 Å². The van der Waals surface area contributed by atoms with Crippen LogP contribution in [0.5, 0.6) is 5.75 Å². The quantitative estimate of drug-likeness (QED) is 0.568. The molecule has 2 N–H and O–H groups in total. The Bertz CT molecular complexity index is 1300. The molecule has 0 aliphatic carbocycles. The van der Waals surface area contributed by atoms with Gasteiger partial charge in [-0.3, -0.25) is 9.59 Å². The number of aromatic nitrogens is 2. The van der Waals surface area contributed by atoms with Crippen molar-refractivity contribution in [2.75, 3.05) is 12.4 Å². The summed E-state index contributed by atoms with van der Waals surface area (Å²) in [7, 11) is -1.78. The van der Waals surface area contributed by atoms with Gasteiger partial charge in [-0.15, -0.1) is 0 Å². The van der Waals surface area contributed by atoms with Gasteiger partial charge >= 0.3 is 11.8 Å². The average Bonchev–Trinajstić information content (AvgIpc) is 3.24. The van der Waals surface area contributed by atoms with E-state index in [1.807, 2.05) is 31.2 Å². The number of fused-ring (bicyclic) bond motifs is 1. The van der Waals surface area contributed by atoms with Crippen LogP contribution in [0.15, 0.2) is 48.5 Å². The first kappa shape index (κ1) is 21.6. The zero-order chi connectivity index (χ0) is 22.9. The van der Waals surface area contributed by atoms with Crippen LogP contribution >= 0.6 is 0 Å². The number of hydrogen-bond donors (Lipinski definition) is 2. The van der Waals surface area contributed by atoms with Crippen LogP contribution in [0.1, 0.15) is 22.4 Å². The number of carbonyl (C=O) groups is 2. The smallest absolute Gasteiger partial charge is 0.314 e. The molecule has 0 radical (unpaired) electrons. The lowest BCUT2D eigenvalue weighted by Crippen LogP contribution is -2.35. The summed E-state index contributed by atoms with van der Waals surface area (Å²) >= 11 is 0. The molecule has 10 heteroatoms. The minimum Gasteiger partial charge on any atom is -0.497 e.